The number of rotatable bonds is 5. The van der Waals surface area contributed by atoms with Gasteiger partial charge in [-0.05, 0) is 23.6 Å². The van der Waals surface area contributed by atoms with Gasteiger partial charge in [0.05, 0.1) is 0 Å². The third-order valence-corrected chi connectivity index (χ3v) is 3.97. The lowest BCUT2D eigenvalue weighted by Crippen LogP contribution is -2.31. The van der Waals surface area contributed by atoms with E-state index in [4.69, 9.17) is 0 Å². The molecule has 2 N–H and O–H groups in total. The van der Waals surface area contributed by atoms with Crippen molar-refractivity contribution in [2.24, 2.45) is 0 Å². The van der Waals surface area contributed by atoms with E-state index in [0.717, 1.165) is 13.1 Å². The highest BCUT2D eigenvalue weighted by Crippen LogP contribution is 2.26. The molecule has 0 radical (unpaired) electrons. The highest BCUT2D eigenvalue weighted by atomic mass is 32.1. The SMILES string of the molecule is CC(C)(CNCc1ccc[nH]1)c1cccs1. The second-order valence-electron chi connectivity index (χ2n) is 4.66. The van der Waals surface area contributed by atoms with Gasteiger partial charge in [-0.15, -0.1) is 11.3 Å². The molecule has 0 unspecified atom stereocenters. The normalized spacial score (nSPS) is 11.9. The fraction of sp³-hybridized carbons (Fsp3) is 0.385. The molecular formula is C13H18N2S. The van der Waals surface area contributed by atoms with E-state index in [2.05, 4.69) is 47.7 Å². The quantitative estimate of drug-likeness (QED) is 0.817. The number of hydrogen-bond acceptors (Lipinski definition) is 2. The molecule has 3 heteroatoms. The Morgan fingerprint density at radius 1 is 1.31 bits per heavy atom. The second-order valence-corrected chi connectivity index (χ2v) is 5.61. The van der Waals surface area contributed by atoms with E-state index in [-0.39, 0.29) is 5.41 Å². The largest absolute Gasteiger partial charge is 0.364 e. The first-order valence-corrected chi connectivity index (χ1v) is 6.43. The molecule has 0 aromatic carbocycles. The molecule has 0 atom stereocenters. The molecule has 86 valence electrons. The number of H-pyrrole nitrogens is 1. The summed E-state index contributed by atoms with van der Waals surface area (Å²) in [6, 6.07) is 8.46. The van der Waals surface area contributed by atoms with E-state index in [9.17, 15) is 0 Å². The monoisotopic (exact) mass is 234 g/mol. The van der Waals surface area contributed by atoms with Crippen LogP contribution in [-0.2, 0) is 12.0 Å². The van der Waals surface area contributed by atoms with Crippen LogP contribution in [0.15, 0.2) is 35.8 Å². The molecule has 0 amide bonds. The van der Waals surface area contributed by atoms with Gasteiger partial charge >= 0.3 is 0 Å². The van der Waals surface area contributed by atoms with Crippen LogP contribution >= 0.6 is 11.3 Å². The molecule has 2 aromatic heterocycles. The third kappa shape index (κ3) is 2.74. The summed E-state index contributed by atoms with van der Waals surface area (Å²) < 4.78 is 0. The molecular weight excluding hydrogens is 216 g/mol. The van der Waals surface area contributed by atoms with Crippen molar-refractivity contribution in [2.45, 2.75) is 25.8 Å². The first kappa shape index (κ1) is 11.4. The zero-order valence-electron chi connectivity index (χ0n) is 9.79. The average Bonchev–Trinajstić information content (AvgIpc) is 2.90. The van der Waals surface area contributed by atoms with Gasteiger partial charge in [-0.3, -0.25) is 0 Å². The van der Waals surface area contributed by atoms with Crippen LogP contribution in [-0.4, -0.2) is 11.5 Å². The van der Waals surface area contributed by atoms with Gasteiger partial charge in [0.2, 0.25) is 0 Å². The molecule has 2 rings (SSSR count). The van der Waals surface area contributed by atoms with Gasteiger partial charge in [0.15, 0.2) is 0 Å². The fourth-order valence-electron chi connectivity index (χ4n) is 1.74. The Bertz CT molecular complexity index is 401. The molecule has 0 aliphatic carbocycles. The van der Waals surface area contributed by atoms with Crippen molar-refractivity contribution in [3.8, 4) is 0 Å². The maximum absolute atomic E-state index is 3.49. The standard InChI is InChI=1S/C13H18N2S/c1-13(2,12-6-4-8-16-12)10-14-9-11-5-3-7-15-11/h3-8,14-15H,9-10H2,1-2H3. The Kier molecular flexibility index (Phi) is 3.46. The fourth-order valence-corrected chi connectivity index (χ4v) is 2.59. The Balaban J connectivity index is 1.85. The van der Waals surface area contributed by atoms with Crippen LogP contribution in [0.5, 0.6) is 0 Å². The summed E-state index contributed by atoms with van der Waals surface area (Å²) in [6.07, 6.45) is 1.96. The average molecular weight is 234 g/mol. The Morgan fingerprint density at radius 3 is 2.81 bits per heavy atom. The van der Waals surface area contributed by atoms with Crippen LogP contribution in [0.4, 0.5) is 0 Å². The Hall–Kier alpha value is -1.06. The van der Waals surface area contributed by atoms with Crippen LogP contribution in [0.25, 0.3) is 0 Å². The van der Waals surface area contributed by atoms with Crippen molar-refractivity contribution < 1.29 is 0 Å². The van der Waals surface area contributed by atoms with E-state index in [0.29, 0.717) is 0 Å². The number of nitrogens with one attached hydrogen (secondary N) is 2. The van der Waals surface area contributed by atoms with Gasteiger partial charge in [-0.2, -0.15) is 0 Å². The van der Waals surface area contributed by atoms with Gasteiger partial charge in [-0.1, -0.05) is 19.9 Å². The minimum Gasteiger partial charge on any atom is -0.364 e. The van der Waals surface area contributed by atoms with Crippen molar-refractivity contribution in [3.05, 3.63) is 46.4 Å². The molecule has 2 aromatic rings. The van der Waals surface area contributed by atoms with Gasteiger partial charge in [0.25, 0.3) is 0 Å². The van der Waals surface area contributed by atoms with Gasteiger partial charge in [-0.25, -0.2) is 0 Å². The van der Waals surface area contributed by atoms with Gasteiger partial charge in [0, 0.05) is 35.3 Å². The molecule has 0 aliphatic rings. The molecule has 0 saturated carbocycles. The second kappa shape index (κ2) is 4.85. The maximum Gasteiger partial charge on any atom is 0.0357 e. The summed E-state index contributed by atoms with van der Waals surface area (Å²) in [6.45, 7) is 6.45. The lowest BCUT2D eigenvalue weighted by atomic mass is 9.91. The summed E-state index contributed by atoms with van der Waals surface area (Å²) in [5, 5.41) is 5.63. The number of thiophene rings is 1. The Morgan fingerprint density at radius 2 is 2.19 bits per heavy atom. The van der Waals surface area contributed by atoms with E-state index in [1.807, 2.05) is 23.6 Å². The van der Waals surface area contributed by atoms with E-state index < -0.39 is 0 Å². The lowest BCUT2D eigenvalue weighted by Gasteiger charge is -2.23. The summed E-state index contributed by atoms with van der Waals surface area (Å²) in [7, 11) is 0. The summed E-state index contributed by atoms with van der Waals surface area (Å²) in [5.74, 6) is 0. The lowest BCUT2D eigenvalue weighted by molar-refractivity contribution is 0.475. The number of hydrogen-bond donors (Lipinski definition) is 2. The predicted octanol–water partition coefficient (Wildman–Crippen LogP) is 3.14. The summed E-state index contributed by atoms with van der Waals surface area (Å²) in [5.41, 5.74) is 1.45. The molecule has 0 aliphatic heterocycles. The van der Waals surface area contributed by atoms with Gasteiger partial charge in [0.1, 0.15) is 0 Å². The van der Waals surface area contributed by atoms with Crippen LogP contribution in [0, 0.1) is 0 Å². The minimum absolute atomic E-state index is 0.209. The molecule has 0 spiro atoms. The van der Waals surface area contributed by atoms with Gasteiger partial charge < -0.3 is 10.3 Å². The smallest absolute Gasteiger partial charge is 0.0357 e. The van der Waals surface area contributed by atoms with Crippen LogP contribution < -0.4 is 5.32 Å². The van der Waals surface area contributed by atoms with Crippen molar-refractivity contribution in [1.82, 2.24) is 10.3 Å². The highest BCUT2D eigenvalue weighted by molar-refractivity contribution is 7.10. The Labute approximate surface area is 101 Å². The third-order valence-electron chi connectivity index (χ3n) is 2.73. The molecule has 0 saturated heterocycles. The van der Waals surface area contributed by atoms with E-state index in [1.165, 1.54) is 10.6 Å². The van der Waals surface area contributed by atoms with Crippen molar-refractivity contribution in [2.75, 3.05) is 6.54 Å². The summed E-state index contributed by atoms with van der Waals surface area (Å²) in [4.78, 5) is 4.63. The molecule has 2 nitrogen and oxygen atoms in total. The zero-order valence-corrected chi connectivity index (χ0v) is 10.6. The first-order valence-electron chi connectivity index (χ1n) is 5.55. The molecule has 0 fully saturated rings. The first-order chi connectivity index (χ1) is 7.68. The van der Waals surface area contributed by atoms with E-state index >= 15 is 0 Å². The number of aromatic amines is 1. The zero-order chi connectivity index (χ0) is 11.4. The van der Waals surface area contributed by atoms with Crippen molar-refractivity contribution >= 4 is 11.3 Å². The van der Waals surface area contributed by atoms with E-state index in [1.54, 1.807) is 0 Å². The highest BCUT2D eigenvalue weighted by Gasteiger charge is 2.20. The minimum atomic E-state index is 0.209. The van der Waals surface area contributed by atoms with Crippen LogP contribution in [0.1, 0.15) is 24.4 Å². The van der Waals surface area contributed by atoms with Crippen LogP contribution in [0.3, 0.4) is 0 Å². The van der Waals surface area contributed by atoms with Crippen LogP contribution in [0.2, 0.25) is 0 Å². The predicted molar refractivity (Wildman–Crippen MR) is 69.8 cm³/mol. The molecule has 0 bridgehead atoms. The maximum atomic E-state index is 3.49. The number of aromatic nitrogens is 1. The topological polar surface area (TPSA) is 27.8 Å². The van der Waals surface area contributed by atoms with Crippen molar-refractivity contribution in [3.63, 3.8) is 0 Å². The summed E-state index contributed by atoms with van der Waals surface area (Å²) >= 11 is 1.83. The van der Waals surface area contributed by atoms with Crippen molar-refractivity contribution in [1.29, 1.82) is 0 Å². The molecule has 2 heterocycles. The molecule has 16 heavy (non-hydrogen) atoms.